The van der Waals surface area contributed by atoms with Gasteiger partial charge in [0, 0.05) is 18.7 Å². The van der Waals surface area contributed by atoms with Crippen molar-refractivity contribution in [2.75, 3.05) is 13.1 Å². The largest absolute Gasteiger partial charge is 0.465 e. The molecule has 208 valence electrons. The zero-order valence-corrected chi connectivity index (χ0v) is 23.0. The zero-order chi connectivity index (χ0) is 27.5. The van der Waals surface area contributed by atoms with Crippen LogP contribution in [0.4, 0.5) is 9.59 Å². The van der Waals surface area contributed by atoms with Gasteiger partial charge in [-0.15, -0.1) is 4.99 Å². The Morgan fingerprint density at radius 2 is 1.82 bits per heavy atom. The van der Waals surface area contributed by atoms with Gasteiger partial charge in [0.15, 0.2) is 0 Å². The Kier molecular flexibility index (Phi) is 10.7. The fraction of sp³-hybridized carbons (Fsp3) is 0.607. The van der Waals surface area contributed by atoms with Gasteiger partial charge in [-0.05, 0) is 45.6 Å². The molecule has 1 saturated heterocycles. The number of guanidine groups is 1. The van der Waals surface area contributed by atoms with Crippen LogP contribution in [0.1, 0.15) is 96.4 Å². The molecular formula is C28H41N5O5. The quantitative estimate of drug-likeness (QED) is 0.207. The second-order valence-electron chi connectivity index (χ2n) is 10.8. The van der Waals surface area contributed by atoms with Crippen molar-refractivity contribution in [1.29, 1.82) is 0 Å². The summed E-state index contributed by atoms with van der Waals surface area (Å²) in [5, 5.41) is 15.6. The van der Waals surface area contributed by atoms with E-state index in [-0.39, 0.29) is 11.9 Å². The number of aliphatic imine (C=N–C) groups is 1. The van der Waals surface area contributed by atoms with Crippen molar-refractivity contribution in [3.8, 4) is 11.4 Å². The van der Waals surface area contributed by atoms with Gasteiger partial charge in [-0.3, -0.25) is 5.32 Å². The van der Waals surface area contributed by atoms with Gasteiger partial charge in [0.05, 0.1) is 5.92 Å². The van der Waals surface area contributed by atoms with E-state index in [1.54, 1.807) is 25.7 Å². The Balaban J connectivity index is 1.55. The Morgan fingerprint density at radius 1 is 1.13 bits per heavy atom. The number of aryl methyl sites for hydroxylation is 1. The van der Waals surface area contributed by atoms with Crippen LogP contribution in [0.5, 0.6) is 0 Å². The van der Waals surface area contributed by atoms with E-state index in [9.17, 15) is 14.7 Å². The smallest absolute Gasteiger partial charge is 0.437 e. The maximum atomic E-state index is 12.2. The van der Waals surface area contributed by atoms with Gasteiger partial charge in [-0.2, -0.15) is 4.98 Å². The highest BCUT2D eigenvalue weighted by Gasteiger charge is 2.32. The van der Waals surface area contributed by atoms with Crippen molar-refractivity contribution in [2.45, 2.75) is 97.0 Å². The third-order valence-electron chi connectivity index (χ3n) is 6.37. The number of carbonyl (C=O) groups excluding carboxylic acids is 1. The molecule has 0 saturated carbocycles. The number of aromatic nitrogens is 2. The minimum absolute atomic E-state index is 0.0782. The van der Waals surface area contributed by atoms with Gasteiger partial charge in [0.2, 0.25) is 17.7 Å². The highest BCUT2D eigenvalue weighted by Crippen LogP contribution is 2.28. The molecule has 1 aliphatic heterocycles. The van der Waals surface area contributed by atoms with Gasteiger partial charge >= 0.3 is 12.2 Å². The summed E-state index contributed by atoms with van der Waals surface area (Å²) in [7, 11) is 0. The Labute approximate surface area is 224 Å². The second-order valence-corrected chi connectivity index (χ2v) is 10.8. The first kappa shape index (κ1) is 29.1. The molecule has 1 atom stereocenters. The van der Waals surface area contributed by atoms with Crippen molar-refractivity contribution in [3.63, 3.8) is 0 Å². The minimum atomic E-state index is -1.31. The molecule has 1 aromatic heterocycles. The van der Waals surface area contributed by atoms with E-state index >= 15 is 0 Å². The van der Waals surface area contributed by atoms with Crippen LogP contribution in [0.3, 0.4) is 0 Å². The van der Waals surface area contributed by atoms with Crippen molar-refractivity contribution in [2.24, 2.45) is 4.99 Å². The van der Waals surface area contributed by atoms with Crippen LogP contribution in [0.2, 0.25) is 0 Å². The molecule has 0 aliphatic carbocycles. The lowest BCUT2D eigenvalue weighted by Gasteiger charge is -2.21. The maximum absolute atomic E-state index is 12.2. The molecule has 2 amide bonds. The van der Waals surface area contributed by atoms with Gasteiger partial charge < -0.3 is 19.3 Å². The first-order chi connectivity index (χ1) is 18.1. The van der Waals surface area contributed by atoms with Crippen LogP contribution in [-0.4, -0.2) is 57.0 Å². The number of benzene rings is 1. The Bertz CT molecular complexity index is 1070. The lowest BCUT2D eigenvalue weighted by Crippen LogP contribution is -2.43. The molecule has 0 unspecified atom stereocenters. The average Bonchev–Trinajstić information content (AvgIpc) is 3.52. The summed E-state index contributed by atoms with van der Waals surface area (Å²) in [5.74, 6) is 0.798. The minimum Gasteiger partial charge on any atom is -0.465 e. The molecule has 1 aromatic carbocycles. The zero-order valence-electron chi connectivity index (χ0n) is 23.0. The topological polar surface area (TPSA) is 130 Å². The summed E-state index contributed by atoms with van der Waals surface area (Å²) < 4.78 is 10.8. The molecule has 2 N–H and O–H groups in total. The van der Waals surface area contributed by atoms with Crippen LogP contribution in [0.15, 0.2) is 33.8 Å². The highest BCUT2D eigenvalue weighted by molar-refractivity contribution is 5.98. The van der Waals surface area contributed by atoms with E-state index < -0.39 is 17.8 Å². The van der Waals surface area contributed by atoms with Crippen LogP contribution in [0, 0.1) is 0 Å². The molecule has 1 fully saturated rings. The summed E-state index contributed by atoms with van der Waals surface area (Å²) in [6.45, 7) is 8.23. The van der Waals surface area contributed by atoms with Crippen LogP contribution >= 0.6 is 0 Å². The van der Waals surface area contributed by atoms with Gasteiger partial charge in [-0.25, -0.2) is 9.59 Å². The molecule has 0 bridgehead atoms. The van der Waals surface area contributed by atoms with E-state index in [0.717, 1.165) is 12.0 Å². The number of carboxylic acid groups (broad SMARTS) is 1. The summed E-state index contributed by atoms with van der Waals surface area (Å²) in [5.41, 5.74) is 1.45. The first-order valence-electron chi connectivity index (χ1n) is 13.6. The van der Waals surface area contributed by atoms with E-state index in [2.05, 4.69) is 39.5 Å². The third kappa shape index (κ3) is 9.46. The molecular weight excluding hydrogens is 486 g/mol. The van der Waals surface area contributed by atoms with Gasteiger partial charge in [-0.1, -0.05) is 74.9 Å². The molecule has 2 heterocycles. The van der Waals surface area contributed by atoms with E-state index in [1.807, 2.05) is 12.1 Å². The fourth-order valence-corrected chi connectivity index (χ4v) is 4.42. The van der Waals surface area contributed by atoms with Gasteiger partial charge in [0.25, 0.3) is 0 Å². The van der Waals surface area contributed by atoms with Gasteiger partial charge in [0.1, 0.15) is 5.60 Å². The number of amides is 2. The highest BCUT2D eigenvalue weighted by atomic mass is 16.6. The predicted molar refractivity (Wildman–Crippen MR) is 145 cm³/mol. The van der Waals surface area contributed by atoms with Crippen molar-refractivity contribution in [3.05, 3.63) is 35.7 Å². The van der Waals surface area contributed by atoms with Crippen LogP contribution in [-0.2, 0) is 11.2 Å². The summed E-state index contributed by atoms with van der Waals surface area (Å²) >= 11 is 0. The first-order valence-corrected chi connectivity index (χ1v) is 13.6. The van der Waals surface area contributed by atoms with E-state index in [0.29, 0.717) is 31.2 Å². The number of rotatable bonds is 10. The summed E-state index contributed by atoms with van der Waals surface area (Å²) in [4.78, 5) is 33.5. The third-order valence-corrected chi connectivity index (χ3v) is 6.37. The molecule has 10 nitrogen and oxygen atoms in total. The number of nitrogens with zero attached hydrogens (tertiary/aromatic N) is 4. The number of nitrogens with one attached hydrogen (secondary N) is 1. The SMILES string of the molecule is CCCCCCCCCc1ccc(-c2noc([C@@H]3CCN(C(=NC(=O)OC(C)(C)C)NC(=O)O)C3)n2)cc1. The van der Waals surface area contributed by atoms with Crippen molar-refractivity contribution >= 4 is 18.1 Å². The lowest BCUT2D eigenvalue weighted by atomic mass is 10.0. The van der Waals surface area contributed by atoms with Crippen LogP contribution < -0.4 is 5.32 Å². The monoisotopic (exact) mass is 527 g/mol. The number of hydrogen-bond acceptors (Lipinski definition) is 6. The van der Waals surface area contributed by atoms with Crippen molar-refractivity contribution in [1.82, 2.24) is 20.4 Å². The number of unbranched alkanes of at least 4 members (excludes halogenated alkanes) is 6. The molecule has 1 aliphatic rings. The predicted octanol–water partition coefficient (Wildman–Crippen LogP) is 6.38. The standard InChI is InChI=1S/C28H41N5O5/c1-5-6-7-8-9-10-11-12-20-13-15-21(16-14-20)23-29-24(38-32-23)22-17-18-33(19-22)25(30-26(34)35)31-27(36)37-28(2,3)4/h13-16,22H,5-12,17-19H2,1-4H3,(H,34,35)(H,30,31,36)/t22-/m1/s1. The van der Waals surface area contributed by atoms with Crippen molar-refractivity contribution < 1.29 is 24.0 Å². The molecule has 0 radical (unpaired) electrons. The molecule has 38 heavy (non-hydrogen) atoms. The molecule has 0 spiro atoms. The van der Waals surface area contributed by atoms with E-state index in [1.165, 1.54) is 50.5 Å². The Morgan fingerprint density at radius 3 is 2.47 bits per heavy atom. The average molecular weight is 528 g/mol. The van der Waals surface area contributed by atoms with E-state index in [4.69, 9.17) is 9.26 Å². The molecule has 3 rings (SSSR count). The Hall–Kier alpha value is -3.43. The number of likely N-dealkylation sites (tertiary alicyclic amines) is 1. The lowest BCUT2D eigenvalue weighted by molar-refractivity contribution is 0.0601. The molecule has 2 aromatic rings. The number of ether oxygens (including phenoxy) is 1. The summed E-state index contributed by atoms with van der Waals surface area (Å²) in [6, 6.07) is 8.29. The van der Waals surface area contributed by atoms with Crippen LogP contribution in [0.25, 0.3) is 11.4 Å². The maximum Gasteiger partial charge on any atom is 0.437 e. The normalized spacial score (nSPS) is 16.1. The second kappa shape index (κ2) is 13.9. The number of carbonyl (C=O) groups is 2. The molecule has 10 heteroatoms. The fourth-order valence-electron chi connectivity index (χ4n) is 4.42. The number of hydrogen-bond donors (Lipinski definition) is 2. The summed E-state index contributed by atoms with van der Waals surface area (Å²) in [6.07, 6.45) is 8.61.